The number of aromatic nitrogens is 3. The summed E-state index contributed by atoms with van der Waals surface area (Å²) < 4.78 is 26.4. The Balaban J connectivity index is 1.76. The van der Waals surface area contributed by atoms with Gasteiger partial charge in [0.1, 0.15) is 17.5 Å². The average Bonchev–Trinajstić information content (AvgIpc) is 2.55. The van der Waals surface area contributed by atoms with Crippen LogP contribution in [0.1, 0.15) is 5.56 Å². The van der Waals surface area contributed by atoms with Gasteiger partial charge in [0.25, 0.3) is 0 Å². The van der Waals surface area contributed by atoms with Crippen molar-refractivity contribution in [2.24, 2.45) is 0 Å². The molecule has 0 amide bonds. The van der Waals surface area contributed by atoms with Crippen LogP contribution in [0.2, 0.25) is 0 Å². The molecule has 0 bridgehead atoms. The normalized spacial score (nSPS) is 10.5. The van der Waals surface area contributed by atoms with E-state index in [1.165, 1.54) is 12.1 Å². The lowest BCUT2D eigenvalue weighted by atomic mass is 10.2. The molecule has 2 aromatic heterocycles. The van der Waals surface area contributed by atoms with Crippen molar-refractivity contribution in [3.05, 3.63) is 72.2 Å². The molecule has 0 saturated heterocycles. The van der Waals surface area contributed by atoms with Crippen molar-refractivity contribution in [3.8, 4) is 11.4 Å². The van der Waals surface area contributed by atoms with Crippen molar-refractivity contribution in [1.29, 1.82) is 0 Å². The van der Waals surface area contributed by atoms with Crippen molar-refractivity contribution in [2.75, 3.05) is 5.32 Å². The van der Waals surface area contributed by atoms with Gasteiger partial charge >= 0.3 is 0 Å². The van der Waals surface area contributed by atoms with E-state index < -0.39 is 11.6 Å². The number of anilines is 1. The monoisotopic (exact) mass is 298 g/mol. The van der Waals surface area contributed by atoms with E-state index in [9.17, 15) is 8.78 Å². The van der Waals surface area contributed by atoms with Crippen LogP contribution in [0, 0.1) is 11.6 Å². The van der Waals surface area contributed by atoms with Gasteiger partial charge in [-0.05, 0) is 24.3 Å². The van der Waals surface area contributed by atoms with Gasteiger partial charge in [0.15, 0.2) is 5.82 Å². The van der Waals surface area contributed by atoms with E-state index in [4.69, 9.17) is 0 Å². The van der Waals surface area contributed by atoms with Crippen LogP contribution < -0.4 is 5.32 Å². The summed E-state index contributed by atoms with van der Waals surface area (Å²) in [7, 11) is 0. The molecule has 0 unspecified atom stereocenters. The molecule has 0 spiro atoms. The highest BCUT2D eigenvalue weighted by atomic mass is 19.1. The molecule has 4 nitrogen and oxygen atoms in total. The van der Waals surface area contributed by atoms with Gasteiger partial charge in [-0.25, -0.2) is 18.7 Å². The molecule has 0 aliphatic heterocycles. The van der Waals surface area contributed by atoms with Gasteiger partial charge < -0.3 is 5.32 Å². The van der Waals surface area contributed by atoms with E-state index in [0.29, 0.717) is 17.2 Å². The Morgan fingerprint density at radius 3 is 2.73 bits per heavy atom. The number of rotatable bonds is 4. The first kappa shape index (κ1) is 14.1. The molecule has 6 heteroatoms. The molecule has 110 valence electrons. The van der Waals surface area contributed by atoms with Gasteiger partial charge in [0, 0.05) is 42.3 Å². The van der Waals surface area contributed by atoms with Crippen molar-refractivity contribution < 1.29 is 8.78 Å². The van der Waals surface area contributed by atoms with Crippen LogP contribution in [-0.4, -0.2) is 15.0 Å². The lowest BCUT2D eigenvalue weighted by Gasteiger charge is -2.08. The SMILES string of the molecule is Fc1ccc(CNc2ccnc(-c3cccnc3)n2)c(F)c1. The molecule has 0 atom stereocenters. The third-order valence-corrected chi connectivity index (χ3v) is 3.05. The molecular formula is C16H12F2N4. The van der Waals surface area contributed by atoms with E-state index in [1.807, 2.05) is 6.07 Å². The summed E-state index contributed by atoms with van der Waals surface area (Å²) in [6.45, 7) is 0.204. The second kappa shape index (κ2) is 6.26. The molecule has 3 aromatic rings. The Morgan fingerprint density at radius 2 is 1.95 bits per heavy atom. The first-order valence-corrected chi connectivity index (χ1v) is 6.63. The second-order valence-corrected chi connectivity index (χ2v) is 4.60. The van der Waals surface area contributed by atoms with Gasteiger partial charge in [0.05, 0.1) is 0 Å². The van der Waals surface area contributed by atoms with E-state index in [0.717, 1.165) is 11.6 Å². The number of halogens is 2. The predicted molar refractivity (Wildman–Crippen MR) is 78.9 cm³/mol. The second-order valence-electron chi connectivity index (χ2n) is 4.60. The summed E-state index contributed by atoms with van der Waals surface area (Å²) in [6.07, 6.45) is 4.94. The van der Waals surface area contributed by atoms with Crippen molar-refractivity contribution in [1.82, 2.24) is 15.0 Å². The van der Waals surface area contributed by atoms with Crippen LogP contribution in [-0.2, 0) is 6.54 Å². The van der Waals surface area contributed by atoms with E-state index >= 15 is 0 Å². The summed E-state index contributed by atoms with van der Waals surface area (Å²) in [6, 6.07) is 8.82. The minimum absolute atomic E-state index is 0.204. The minimum Gasteiger partial charge on any atom is -0.366 e. The highest BCUT2D eigenvalue weighted by molar-refractivity contribution is 5.55. The van der Waals surface area contributed by atoms with E-state index in [-0.39, 0.29) is 6.54 Å². The van der Waals surface area contributed by atoms with Crippen LogP contribution in [0.25, 0.3) is 11.4 Å². The van der Waals surface area contributed by atoms with Crippen LogP contribution in [0.5, 0.6) is 0 Å². The largest absolute Gasteiger partial charge is 0.366 e. The van der Waals surface area contributed by atoms with Crippen molar-refractivity contribution >= 4 is 5.82 Å². The lowest BCUT2D eigenvalue weighted by Crippen LogP contribution is -2.04. The molecule has 3 rings (SSSR count). The molecule has 0 saturated carbocycles. The summed E-state index contributed by atoms with van der Waals surface area (Å²) in [5, 5.41) is 3.00. The van der Waals surface area contributed by atoms with Crippen LogP contribution >= 0.6 is 0 Å². The maximum Gasteiger partial charge on any atom is 0.163 e. The molecule has 0 aliphatic rings. The zero-order chi connectivity index (χ0) is 15.4. The Hall–Kier alpha value is -2.89. The zero-order valence-corrected chi connectivity index (χ0v) is 11.5. The molecule has 22 heavy (non-hydrogen) atoms. The number of hydrogen-bond acceptors (Lipinski definition) is 4. The minimum atomic E-state index is -0.595. The van der Waals surface area contributed by atoms with Crippen LogP contribution in [0.4, 0.5) is 14.6 Å². The number of pyridine rings is 1. The summed E-state index contributed by atoms with van der Waals surface area (Å²) >= 11 is 0. The Morgan fingerprint density at radius 1 is 1.05 bits per heavy atom. The fourth-order valence-electron chi connectivity index (χ4n) is 1.94. The molecule has 2 heterocycles. The smallest absolute Gasteiger partial charge is 0.163 e. The molecule has 0 fully saturated rings. The number of benzene rings is 1. The average molecular weight is 298 g/mol. The third-order valence-electron chi connectivity index (χ3n) is 3.05. The van der Waals surface area contributed by atoms with Gasteiger partial charge in [-0.15, -0.1) is 0 Å². The van der Waals surface area contributed by atoms with Gasteiger partial charge in [-0.3, -0.25) is 4.98 Å². The lowest BCUT2D eigenvalue weighted by molar-refractivity contribution is 0.574. The van der Waals surface area contributed by atoms with Crippen LogP contribution in [0.15, 0.2) is 55.0 Å². The zero-order valence-electron chi connectivity index (χ0n) is 11.5. The quantitative estimate of drug-likeness (QED) is 0.801. The number of hydrogen-bond donors (Lipinski definition) is 1. The molecule has 1 N–H and O–H groups in total. The Labute approximate surface area is 125 Å². The fourth-order valence-corrected chi connectivity index (χ4v) is 1.94. The van der Waals surface area contributed by atoms with Crippen molar-refractivity contribution in [3.63, 3.8) is 0 Å². The fraction of sp³-hybridized carbons (Fsp3) is 0.0625. The summed E-state index contributed by atoms with van der Waals surface area (Å²) in [5.41, 5.74) is 1.15. The topological polar surface area (TPSA) is 50.7 Å². The standard InChI is InChI=1S/C16H12F2N4/c17-13-4-3-11(14(18)8-13)10-21-15-5-7-20-16(22-15)12-2-1-6-19-9-12/h1-9H,10H2,(H,20,21,22). The van der Waals surface area contributed by atoms with Gasteiger partial charge in [-0.2, -0.15) is 0 Å². The number of nitrogens with zero attached hydrogens (tertiary/aromatic N) is 3. The molecule has 0 aliphatic carbocycles. The third kappa shape index (κ3) is 3.22. The first-order valence-electron chi connectivity index (χ1n) is 6.63. The maximum absolute atomic E-state index is 13.6. The van der Waals surface area contributed by atoms with E-state index in [1.54, 1.807) is 30.7 Å². The highest BCUT2D eigenvalue weighted by Gasteiger charge is 2.05. The predicted octanol–water partition coefficient (Wildman–Crippen LogP) is 3.43. The Kier molecular flexibility index (Phi) is 4.00. The highest BCUT2D eigenvalue weighted by Crippen LogP contribution is 2.16. The number of nitrogens with one attached hydrogen (secondary N) is 1. The van der Waals surface area contributed by atoms with Crippen molar-refractivity contribution in [2.45, 2.75) is 6.54 Å². The maximum atomic E-state index is 13.6. The first-order chi connectivity index (χ1) is 10.7. The van der Waals surface area contributed by atoms with Gasteiger partial charge in [0.2, 0.25) is 0 Å². The summed E-state index contributed by atoms with van der Waals surface area (Å²) in [5.74, 6) is -0.105. The van der Waals surface area contributed by atoms with Gasteiger partial charge in [-0.1, -0.05) is 6.07 Å². The molecule has 0 radical (unpaired) electrons. The molecule has 1 aromatic carbocycles. The van der Waals surface area contributed by atoms with Crippen LogP contribution in [0.3, 0.4) is 0 Å². The summed E-state index contributed by atoms with van der Waals surface area (Å²) in [4.78, 5) is 12.5. The Bertz CT molecular complexity index is 778. The van der Waals surface area contributed by atoms with E-state index in [2.05, 4.69) is 20.3 Å². The molecular weight excluding hydrogens is 286 g/mol.